The largest absolute Gasteiger partial charge is 0.392 e. The van der Waals surface area contributed by atoms with Gasteiger partial charge in [-0.3, -0.25) is 9.48 Å². The van der Waals surface area contributed by atoms with E-state index in [0.717, 1.165) is 29.5 Å². The molecule has 1 aromatic carbocycles. The molecule has 5 aromatic rings. The van der Waals surface area contributed by atoms with Crippen LogP contribution in [0.1, 0.15) is 40.8 Å². The third-order valence-electron chi connectivity index (χ3n) is 5.81. The van der Waals surface area contributed by atoms with Crippen molar-refractivity contribution in [3.63, 3.8) is 0 Å². The first kappa shape index (κ1) is 20.2. The smallest absolute Gasteiger partial charge is 0.297 e. The average Bonchev–Trinajstić information content (AvgIpc) is 3.23. The van der Waals surface area contributed by atoms with E-state index in [1.165, 1.54) is 0 Å². The van der Waals surface area contributed by atoms with Crippen molar-refractivity contribution in [2.75, 3.05) is 5.32 Å². The van der Waals surface area contributed by atoms with E-state index in [9.17, 15) is 9.90 Å². The maximum atomic E-state index is 12.7. The number of fused-ring (bicyclic) bond motifs is 1. The lowest BCUT2D eigenvalue weighted by atomic mass is 9.98. The van der Waals surface area contributed by atoms with Crippen LogP contribution in [0.2, 0.25) is 0 Å². The van der Waals surface area contributed by atoms with Crippen LogP contribution >= 0.6 is 0 Å². The second kappa shape index (κ2) is 7.89. The number of benzene rings is 1. The van der Waals surface area contributed by atoms with Crippen molar-refractivity contribution in [3.8, 4) is 22.5 Å². The van der Waals surface area contributed by atoms with Crippen molar-refractivity contribution >= 4 is 22.8 Å². The van der Waals surface area contributed by atoms with E-state index in [-0.39, 0.29) is 18.3 Å². The summed E-state index contributed by atoms with van der Waals surface area (Å²) in [5.74, 6) is 0.854. The highest BCUT2D eigenvalue weighted by atomic mass is 16.5. The number of carbonyl (C=O) groups is 1. The first-order chi connectivity index (χ1) is 16.6. The summed E-state index contributed by atoms with van der Waals surface area (Å²) in [7, 11) is 1.84. The summed E-state index contributed by atoms with van der Waals surface area (Å²) in [5.41, 5.74) is 4.58. The summed E-state index contributed by atoms with van der Waals surface area (Å²) in [4.78, 5) is 29.3. The Labute approximate surface area is 192 Å². The number of pyridine rings is 1. The van der Waals surface area contributed by atoms with E-state index in [1.807, 2.05) is 25.4 Å². The molecule has 4 heterocycles. The van der Waals surface area contributed by atoms with Gasteiger partial charge in [-0.2, -0.15) is 10.1 Å². The van der Waals surface area contributed by atoms with Crippen LogP contribution in [0.25, 0.3) is 33.7 Å². The Morgan fingerprint density at radius 1 is 1.26 bits per heavy atom. The fourth-order valence-corrected chi connectivity index (χ4v) is 3.94. The quantitative estimate of drug-likeness (QED) is 0.353. The first-order valence-corrected chi connectivity index (χ1v) is 10.8. The van der Waals surface area contributed by atoms with Gasteiger partial charge < -0.3 is 19.9 Å². The molecule has 0 bridgehead atoms. The van der Waals surface area contributed by atoms with Crippen LogP contribution in [-0.2, 0) is 13.7 Å². The van der Waals surface area contributed by atoms with E-state index in [1.54, 1.807) is 29.2 Å². The van der Waals surface area contributed by atoms with Crippen molar-refractivity contribution in [2.24, 2.45) is 7.05 Å². The SMILES string of the molecule is Cn1cc(-c2nc3c(-c4cccc(NC(=O)c5noc(C6CC6)n5)c4CO)ccnc3[nH]2)cn1. The molecule has 1 aliphatic carbocycles. The molecule has 1 saturated carbocycles. The van der Waals surface area contributed by atoms with Gasteiger partial charge in [0.25, 0.3) is 11.7 Å². The van der Waals surface area contributed by atoms with Crippen LogP contribution in [0.5, 0.6) is 0 Å². The summed E-state index contributed by atoms with van der Waals surface area (Å²) in [6.07, 6.45) is 7.25. The van der Waals surface area contributed by atoms with Crippen molar-refractivity contribution in [2.45, 2.75) is 25.4 Å². The summed E-state index contributed by atoms with van der Waals surface area (Å²) >= 11 is 0. The molecule has 1 fully saturated rings. The van der Waals surface area contributed by atoms with E-state index >= 15 is 0 Å². The number of aromatic nitrogens is 7. The highest BCUT2D eigenvalue weighted by Crippen LogP contribution is 2.39. The second-order valence-electron chi connectivity index (χ2n) is 8.22. The maximum Gasteiger partial charge on any atom is 0.297 e. The Morgan fingerprint density at radius 2 is 2.15 bits per heavy atom. The summed E-state index contributed by atoms with van der Waals surface area (Å²) in [6.45, 7) is -0.297. The molecule has 0 spiro atoms. The van der Waals surface area contributed by atoms with Crippen molar-refractivity contribution < 1.29 is 14.4 Å². The van der Waals surface area contributed by atoms with Gasteiger partial charge in [0, 0.05) is 42.2 Å². The van der Waals surface area contributed by atoms with Gasteiger partial charge >= 0.3 is 0 Å². The molecule has 1 aliphatic rings. The fraction of sp³-hybridized carbons (Fsp3) is 0.217. The molecule has 6 rings (SSSR count). The van der Waals surface area contributed by atoms with Crippen molar-refractivity contribution in [1.82, 2.24) is 34.9 Å². The number of aliphatic hydroxyl groups is 1. The van der Waals surface area contributed by atoms with Crippen LogP contribution in [0, 0.1) is 0 Å². The van der Waals surface area contributed by atoms with Gasteiger partial charge in [0.05, 0.1) is 18.4 Å². The van der Waals surface area contributed by atoms with Gasteiger partial charge in [-0.15, -0.1) is 0 Å². The lowest BCUT2D eigenvalue weighted by molar-refractivity contribution is 0.101. The van der Waals surface area contributed by atoms with Crippen LogP contribution in [0.3, 0.4) is 0 Å². The van der Waals surface area contributed by atoms with Gasteiger partial charge in [-0.05, 0) is 30.5 Å². The predicted octanol–water partition coefficient (Wildman–Crippen LogP) is 3.03. The number of H-pyrrole nitrogens is 1. The number of nitrogens with one attached hydrogen (secondary N) is 2. The third-order valence-corrected chi connectivity index (χ3v) is 5.81. The summed E-state index contributed by atoms with van der Waals surface area (Å²) < 4.78 is 6.89. The van der Waals surface area contributed by atoms with Crippen molar-refractivity contribution in [1.29, 1.82) is 0 Å². The monoisotopic (exact) mass is 456 g/mol. The number of aliphatic hydroxyl groups excluding tert-OH is 1. The van der Waals surface area contributed by atoms with E-state index in [2.05, 4.69) is 30.5 Å². The molecule has 170 valence electrons. The lowest BCUT2D eigenvalue weighted by Crippen LogP contribution is -2.15. The average molecular weight is 456 g/mol. The lowest BCUT2D eigenvalue weighted by Gasteiger charge is -2.13. The van der Waals surface area contributed by atoms with E-state index in [4.69, 9.17) is 9.51 Å². The van der Waals surface area contributed by atoms with Crippen LogP contribution in [0.4, 0.5) is 5.69 Å². The minimum Gasteiger partial charge on any atom is -0.392 e. The molecule has 0 aliphatic heterocycles. The van der Waals surface area contributed by atoms with Crippen molar-refractivity contribution in [3.05, 3.63) is 60.1 Å². The first-order valence-electron chi connectivity index (χ1n) is 10.8. The Morgan fingerprint density at radius 3 is 2.91 bits per heavy atom. The number of nitrogens with zero attached hydrogens (tertiary/aromatic N) is 6. The summed E-state index contributed by atoms with van der Waals surface area (Å²) in [5, 5.41) is 21.0. The maximum absolute atomic E-state index is 12.7. The number of hydrogen-bond donors (Lipinski definition) is 3. The molecule has 1 amide bonds. The number of anilines is 1. The molecule has 4 aromatic heterocycles. The highest BCUT2D eigenvalue weighted by Gasteiger charge is 2.30. The molecule has 0 saturated heterocycles. The Kier molecular flexibility index (Phi) is 4.69. The molecule has 34 heavy (non-hydrogen) atoms. The Bertz CT molecular complexity index is 1530. The number of aryl methyl sites for hydroxylation is 1. The second-order valence-corrected chi connectivity index (χ2v) is 8.22. The molecule has 11 nitrogen and oxygen atoms in total. The Hall–Kier alpha value is -4.38. The number of imidazole rings is 1. The van der Waals surface area contributed by atoms with Gasteiger partial charge in [-0.1, -0.05) is 17.3 Å². The number of hydrogen-bond acceptors (Lipinski definition) is 8. The zero-order valence-corrected chi connectivity index (χ0v) is 18.2. The number of aromatic amines is 1. The Balaban J connectivity index is 1.37. The zero-order chi connectivity index (χ0) is 23.2. The number of rotatable bonds is 6. The molecular weight excluding hydrogens is 436 g/mol. The van der Waals surface area contributed by atoms with E-state index < -0.39 is 5.91 Å². The van der Waals surface area contributed by atoms with Gasteiger partial charge in [0.1, 0.15) is 11.3 Å². The van der Waals surface area contributed by atoms with Crippen LogP contribution in [-0.4, -0.2) is 45.9 Å². The minimum atomic E-state index is -0.499. The zero-order valence-electron chi connectivity index (χ0n) is 18.2. The molecule has 0 unspecified atom stereocenters. The van der Waals surface area contributed by atoms with Gasteiger partial charge in [0.15, 0.2) is 5.65 Å². The normalized spacial score (nSPS) is 13.5. The van der Waals surface area contributed by atoms with Gasteiger partial charge in [0.2, 0.25) is 5.89 Å². The van der Waals surface area contributed by atoms with Crippen LogP contribution in [0.15, 0.2) is 47.4 Å². The predicted molar refractivity (Wildman–Crippen MR) is 122 cm³/mol. The van der Waals surface area contributed by atoms with E-state index in [0.29, 0.717) is 34.1 Å². The molecule has 0 radical (unpaired) electrons. The minimum absolute atomic E-state index is 0.0316. The number of amides is 1. The third kappa shape index (κ3) is 3.52. The molecular formula is C23H20N8O3. The van der Waals surface area contributed by atoms with Gasteiger partial charge in [-0.25, -0.2) is 9.97 Å². The van der Waals surface area contributed by atoms with Crippen LogP contribution < -0.4 is 5.32 Å². The fourth-order valence-electron chi connectivity index (χ4n) is 3.94. The number of carbonyl (C=O) groups excluding carboxylic acids is 1. The molecule has 11 heteroatoms. The molecule has 3 N–H and O–H groups in total. The standard InChI is InChI=1S/C23H20N8O3/c1-31-10-13(9-25-31)19-27-18-15(7-8-24-20(18)28-19)14-3-2-4-17(16(14)11-32)26-22(33)21-29-23(34-30-21)12-5-6-12/h2-4,7-10,12,32H,5-6,11H2,1H3,(H,26,33)(H,24,27,28). The highest BCUT2D eigenvalue weighted by molar-refractivity contribution is 6.03. The topological polar surface area (TPSA) is 148 Å². The summed E-state index contributed by atoms with van der Waals surface area (Å²) in [6, 6.07) is 7.22. The molecule has 0 atom stereocenters.